The molecule has 0 unspecified atom stereocenters. The van der Waals surface area contributed by atoms with Crippen LogP contribution in [-0.4, -0.2) is 36.5 Å². The van der Waals surface area contributed by atoms with Crippen molar-refractivity contribution >= 4 is 23.2 Å². The lowest BCUT2D eigenvalue weighted by atomic mass is 9.96. The van der Waals surface area contributed by atoms with Crippen molar-refractivity contribution in [2.75, 3.05) is 19.6 Å². The fraction of sp³-hybridized carbons (Fsp3) is 0.667. The molecule has 0 aliphatic rings. The van der Waals surface area contributed by atoms with Crippen molar-refractivity contribution in [2.45, 2.75) is 41.2 Å². The SMILES string of the molecule is CCNC(=NCc1ncc(C)s1)NCCNC(=O)C(C)(C)C. The van der Waals surface area contributed by atoms with E-state index >= 15 is 0 Å². The summed E-state index contributed by atoms with van der Waals surface area (Å²) >= 11 is 1.65. The van der Waals surface area contributed by atoms with Gasteiger partial charge in [0, 0.05) is 36.1 Å². The van der Waals surface area contributed by atoms with E-state index in [1.165, 1.54) is 4.88 Å². The molecule has 6 nitrogen and oxygen atoms in total. The van der Waals surface area contributed by atoms with E-state index in [1.54, 1.807) is 11.3 Å². The van der Waals surface area contributed by atoms with Crippen molar-refractivity contribution in [3.63, 3.8) is 0 Å². The maximum Gasteiger partial charge on any atom is 0.225 e. The van der Waals surface area contributed by atoms with Crippen LogP contribution in [-0.2, 0) is 11.3 Å². The third-order valence-corrected chi connectivity index (χ3v) is 3.67. The van der Waals surface area contributed by atoms with Gasteiger partial charge in [-0.25, -0.2) is 9.98 Å². The number of aryl methyl sites for hydroxylation is 1. The van der Waals surface area contributed by atoms with Crippen LogP contribution in [0.2, 0.25) is 0 Å². The smallest absolute Gasteiger partial charge is 0.225 e. The van der Waals surface area contributed by atoms with Gasteiger partial charge >= 0.3 is 0 Å². The second kappa shape index (κ2) is 8.73. The largest absolute Gasteiger partial charge is 0.357 e. The van der Waals surface area contributed by atoms with Crippen molar-refractivity contribution < 1.29 is 4.79 Å². The third kappa shape index (κ3) is 6.89. The number of guanidine groups is 1. The number of thiazole rings is 1. The number of nitrogens with one attached hydrogen (secondary N) is 3. The number of nitrogens with zero attached hydrogens (tertiary/aromatic N) is 2. The molecule has 1 aromatic heterocycles. The Balaban J connectivity index is 2.39. The Hall–Kier alpha value is -1.63. The molecule has 0 atom stereocenters. The number of amides is 1. The normalized spacial score (nSPS) is 12.1. The van der Waals surface area contributed by atoms with E-state index in [2.05, 4.69) is 25.9 Å². The zero-order chi connectivity index (χ0) is 16.6. The van der Waals surface area contributed by atoms with Gasteiger partial charge in [-0.1, -0.05) is 20.8 Å². The predicted octanol–water partition coefficient (Wildman–Crippen LogP) is 1.67. The molecule has 0 aliphatic heterocycles. The summed E-state index contributed by atoms with van der Waals surface area (Å²) in [6, 6.07) is 0. The Morgan fingerprint density at radius 1 is 1.27 bits per heavy atom. The van der Waals surface area contributed by atoms with Gasteiger partial charge in [0.2, 0.25) is 5.91 Å². The van der Waals surface area contributed by atoms with E-state index in [0.717, 1.165) is 17.5 Å². The van der Waals surface area contributed by atoms with Crippen molar-refractivity contribution in [2.24, 2.45) is 10.4 Å². The Labute approximate surface area is 136 Å². The zero-order valence-electron chi connectivity index (χ0n) is 14.1. The van der Waals surface area contributed by atoms with Crippen LogP contribution < -0.4 is 16.0 Å². The summed E-state index contributed by atoms with van der Waals surface area (Å²) in [5.74, 6) is 0.787. The van der Waals surface area contributed by atoms with Gasteiger partial charge in [-0.05, 0) is 13.8 Å². The highest BCUT2D eigenvalue weighted by Crippen LogP contribution is 2.12. The van der Waals surface area contributed by atoms with E-state index in [0.29, 0.717) is 19.6 Å². The summed E-state index contributed by atoms with van der Waals surface area (Å²) in [7, 11) is 0. The zero-order valence-corrected chi connectivity index (χ0v) is 14.9. The summed E-state index contributed by atoms with van der Waals surface area (Å²) in [5.41, 5.74) is -0.360. The first-order chi connectivity index (χ1) is 10.3. The third-order valence-electron chi connectivity index (χ3n) is 2.77. The quantitative estimate of drug-likeness (QED) is 0.422. The van der Waals surface area contributed by atoms with Gasteiger partial charge in [-0.2, -0.15) is 0 Å². The molecule has 124 valence electrons. The Bertz CT molecular complexity index is 504. The number of carbonyl (C=O) groups is 1. The molecule has 22 heavy (non-hydrogen) atoms. The van der Waals surface area contributed by atoms with Crippen LogP contribution in [0.4, 0.5) is 0 Å². The first-order valence-corrected chi connectivity index (χ1v) is 8.36. The highest BCUT2D eigenvalue weighted by molar-refractivity contribution is 7.11. The molecular weight excluding hydrogens is 298 g/mol. The van der Waals surface area contributed by atoms with Crippen molar-refractivity contribution in [1.29, 1.82) is 0 Å². The molecule has 1 heterocycles. The first-order valence-electron chi connectivity index (χ1n) is 7.54. The van der Waals surface area contributed by atoms with Crippen LogP contribution in [0, 0.1) is 12.3 Å². The molecule has 0 saturated carbocycles. The minimum atomic E-state index is -0.360. The molecule has 0 bridgehead atoms. The molecule has 0 radical (unpaired) electrons. The van der Waals surface area contributed by atoms with E-state index in [9.17, 15) is 4.79 Å². The van der Waals surface area contributed by atoms with E-state index in [4.69, 9.17) is 0 Å². The fourth-order valence-corrected chi connectivity index (χ4v) is 2.30. The summed E-state index contributed by atoms with van der Waals surface area (Å²) in [6.07, 6.45) is 1.86. The van der Waals surface area contributed by atoms with Gasteiger partial charge in [0.15, 0.2) is 5.96 Å². The van der Waals surface area contributed by atoms with Gasteiger partial charge in [-0.3, -0.25) is 4.79 Å². The highest BCUT2D eigenvalue weighted by atomic mass is 32.1. The molecular formula is C15H27N5OS. The molecule has 0 aliphatic carbocycles. The average Bonchev–Trinajstić information content (AvgIpc) is 2.85. The monoisotopic (exact) mass is 325 g/mol. The lowest BCUT2D eigenvalue weighted by Gasteiger charge is -2.18. The van der Waals surface area contributed by atoms with Gasteiger partial charge in [0.1, 0.15) is 5.01 Å². The van der Waals surface area contributed by atoms with E-state index < -0.39 is 0 Å². The van der Waals surface area contributed by atoms with Gasteiger partial charge in [-0.15, -0.1) is 11.3 Å². The molecule has 3 N–H and O–H groups in total. The summed E-state index contributed by atoms with van der Waals surface area (Å²) < 4.78 is 0. The minimum Gasteiger partial charge on any atom is -0.357 e. The van der Waals surface area contributed by atoms with Crippen LogP contribution in [0.1, 0.15) is 37.6 Å². The topological polar surface area (TPSA) is 78.4 Å². The average molecular weight is 325 g/mol. The fourth-order valence-electron chi connectivity index (χ4n) is 1.59. The summed E-state index contributed by atoms with van der Waals surface area (Å²) in [6.45, 7) is 12.3. The number of aliphatic imine (C=N–C) groups is 1. The standard InChI is InChI=1S/C15H27N5OS/c1-6-16-14(20-10-12-19-9-11(2)22-12)18-8-7-17-13(21)15(3,4)5/h9H,6-8,10H2,1-5H3,(H,17,21)(H2,16,18,20). The molecule has 7 heteroatoms. The minimum absolute atomic E-state index is 0.0505. The molecule has 0 fully saturated rings. The van der Waals surface area contributed by atoms with Crippen LogP contribution in [0.15, 0.2) is 11.2 Å². The molecule has 0 saturated heterocycles. The second-order valence-corrected chi connectivity index (χ2v) is 7.31. The van der Waals surface area contributed by atoms with E-state index in [-0.39, 0.29) is 11.3 Å². The maximum atomic E-state index is 11.8. The number of carbonyl (C=O) groups excluding carboxylic acids is 1. The second-order valence-electron chi connectivity index (χ2n) is 5.99. The maximum absolute atomic E-state index is 11.8. The molecule has 0 spiro atoms. The number of hydrogen-bond acceptors (Lipinski definition) is 4. The Morgan fingerprint density at radius 3 is 2.50 bits per heavy atom. The van der Waals surface area contributed by atoms with Crippen LogP contribution >= 0.6 is 11.3 Å². The number of aromatic nitrogens is 1. The van der Waals surface area contributed by atoms with Gasteiger partial charge in [0.25, 0.3) is 0 Å². The summed E-state index contributed by atoms with van der Waals surface area (Å²) in [4.78, 5) is 21.7. The molecule has 1 amide bonds. The summed E-state index contributed by atoms with van der Waals surface area (Å²) in [5, 5.41) is 10.3. The van der Waals surface area contributed by atoms with Crippen molar-refractivity contribution in [3.8, 4) is 0 Å². The Kier molecular flexibility index (Phi) is 7.31. The Morgan fingerprint density at radius 2 is 1.95 bits per heavy atom. The van der Waals surface area contributed by atoms with Crippen LogP contribution in [0.5, 0.6) is 0 Å². The number of rotatable bonds is 6. The van der Waals surface area contributed by atoms with Gasteiger partial charge in [0.05, 0.1) is 6.54 Å². The molecule has 1 rings (SSSR count). The van der Waals surface area contributed by atoms with E-state index in [1.807, 2.05) is 40.8 Å². The lowest BCUT2D eigenvalue weighted by Crippen LogP contribution is -2.43. The number of hydrogen-bond donors (Lipinski definition) is 3. The lowest BCUT2D eigenvalue weighted by molar-refractivity contribution is -0.128. The first kappa shape index (κ1) is 18.4. The molecule has 1 aromatic rings. The van der Waals surface area contributed by atoms with Crippen LogP contribution in [0.25, 0.3) is 0 Å². The van der Waals surface area contributed by atoms with Crippen molar-refractivity contribution in [1.82, 2.24) is 20.9 Å². The highest BCUT2D eigenvalue weighted by Gasteiger charge is 2.20. The van der Waals surface area contributed by atoms with Crippen molar-refractivity contribution in [3.05, 3.63) is 16.1 Å². The predicted molar refractivity (Wildman–Crippen MR) is 92.1 cm³/mol. The van der Waals surface area contributed by atoms with Crippen LogP contribution in [0.3, 0.4) is 0 Å². The van der Waals surface area contributed by atoms with Gasteiger partial charge < -0.3 is 16.0 Å². The molecule has 0 aromatic carbocycles.